The van der Waals surface area contributed by atoms with Gasteiger partial charge in [0.1, 0.15) is 23.9 Å². The maximum atomic E-state index is 13.4. The number of hydrogen-bond donors (Lipinski definition) is 1. The molecule has 174 valence electrons. The topological polar surface area (TPSA) is 103 Å². The first-order valence-electron chi connectivity index (χ1n) is 11.1. The van der Waals surface area contributed by atoms with Crippen LogP contribution in [0.2, 0.25) is 0 Å². The molecule has 0 bridgehead atoms. The zero-order valence-electron chi connectivity index (χ0n) is 18.0. The molecule has 1 aromatic carbocycles. The zero-order chi connectivity index (χ0) is 22.4. The van der Waals surface area contributed by atoms with Gasteiger partial charge in [-0.3, -0.25) is 9.62 Å². The summed E-state index contributed by atoms with van der Waals surface area (Å²) in [6.45, 7) is 4.37. The lowest BCUT2D eigenvalue weighted by molar-refractivity contribution is 0.0331. The predicted octanol–water partition coefficient (Wildman–Crippen LogP) is 2.58. The van der Waals surface area contributed by atoms with Crippen molar-refractivity contribution in [3.63, 3.8) is 0 Å². The Kier molecular flexibility index (Phi) is 5.36. The van der Waals surface area contributed by atoms with E-state index in [-0.39, 0.29) is 4.90 Å². The van der Waals surface area contributed by atoms with E-state index < -0.39 is 10.0 Å². The molecular weight excluding hydrogens is 464 g/mol. The highest BCUT2D eigenvalue weighted by Crippen LogP contribution is 2.40. The van der Waals surface area contributed by atoms with Gasteiger partial charge in [-0.25, -0.2) is 18.4 Å². The Balaban J connectivity index is 1.38. The molecule has 0 atom stereocenters. The van der Waals surface area contributed by atoms with Crippen LogP contribution in [0.1, 0.15) is 22.7 Å². The van der Waals surface area contributed by atoms with Gasteiger partial charge in [-0.1, -0.05) is 0 Å². The quantitative estimate of drug-likeness (QED) is 0.585. The van der Waals surface area contributed by atoms with E-state index in [2.05, 4.69) is 9.62 Å². The van der Waals surface area contributed by atoms with Crippen molar-refractivity contribution in [1.29, 1.82) is 0 Å². The number of morpholine rings is 1. The predicted molar refractivity (Wildman–Crippen MR) is 124 cm³/mol. The lowest BCUT2D eigenvalue weighted by atomic mass is 10.2. The molecule has 3 aromatic rings. The molecule has 2 aliphatic heterocycles. The second-order valence-electron chi connectivity index (χ2n) is 8.33. The first kappa shape index (κ1) is 21.1. The SMILES string of the molecule is O=S(=O)(Nc1nc(CN2CCOCC2)nc2sc3c(c12)CCC3)c1ccc2c(c1)OCCO2. The first-order valence-corrected chi connectivity index (χ1v) is 13.4. The number of benzene rings is 1. The number of aryl methyl sites for hydroxylation is 2. The Bertz CT molecular complexity index is 1320. The molecule has 6 rings (SSSR count). The van der Waals surface area contributed by atoms with Crippen molar-refractivity contribution >= 4 is 37.4 Å². The minimum atomic E-state index is -3.89. The monoisotopic (exact) mass is 488 g/mol. The van der Waals surface area contributed by atoms with Crippen LogP contribution in [-0.4, -0.2) is 62.8 Å². The number of rotatable bonds is 5. The molecule has 4 heterocycles. The molecule has 9 nitrogen and oxygen atoms in total. The number of thiophene rings is 1. The van der Waals surface area contributed by atoms with Crippen molar-refractivity contribution in [2.75, 3.05) is 44.2 Å². The molecular formula is C22H24N4O5S2. The largest absolute Gasteiger partial charge is 0.486 e. The van der Waals surface area contributed by atoms with E-state index in [0.29, 0.717) is 56.1 Å². The van der Waals surface area contributed by atoms with Gasteiger partial charge in [0, 0.05) is 24.0 Å². The normalized spacial score (nSPS) is 18.4. The number of hydrogen-bond acceptors (Lipinski definition) is 9. The third kappa shape index (κ3) is 4.03. The molecule has 2 aromatic heterocycles. The summed E-state index contributed by atoms with van der Waals surface area (Å²) in [7, 11) is -3.89. The van der Waals surface area contributed by atoms with Crippen LogP contribution in [0.15, 0.2) is 23.1 Å². The van der Waals surface area contributed by atoms with Crippen LogP contribution in [0.3, 0.4) is 0 Å². The third-order valence-corrected chi connectivity index (χ3v) is 8.66. The van der Waals surface area contributed by atoms with Crippen molar-refractivity contribution in [2.45, 2.75) is 30.7 Å². The second-order valence-corrected chi connectivity index (χ2v) is 11.1. The van der Waals surface area contributed by atoms with E-state index in [0.717, 1.165) is 42.6 Å². The minimum absolute atomic E-state index is 0.111. The summed E-state index contributed by atoms with van der Waals surface area (Å²) in [5.41, 5.74) is 1.17. The minimum Gasteiger partial charge on any atom is -0.486 e. The van der Waals surface area contributed by atoms with E-state index in [4.69, 9.17) is 24.2 Å². The number of nitrogens with one attached hydrogen (secondary N) is 1. The van der Waals surface area contributed by atoms with Gasteiger partial charge in [0.15, 0.2) is 17.3 Å². The maximum absolute atomic E-state index is 13.4. The number of aromatic nitrogens is 2. The lowest BCUT2D eigenvalue weighted by Crippen LogP contribution is -2.36. The summed E-state index contributed by atoms with van der Waals surface area (Å²) in [5, 5.41) is 0.833. The third-order valence-electron chi connectivity index (χ3n) is 6.13. The summed E-state index contributed by atoms with van der Waals surface area (Å²) in [5.74, 6) is 1.95. The molecule has 3 aliphatic rings. The average Bonchev–Trinajstić information content (AvgIpc) is 3.40. The standard InChI is InChI=1S/C22H24N4O5S2/c27-33(28,14-4-5-16-17(12-14)31-11-10-30-16)25-21-20-15-2-1-3-18(15)32-22(20)24-19(23-21)13-26-6-8-29-9-7-26/h4-5,12H,1-3,6-11,13H2,(H,23,24,25). The van der Waals surface area contributed by atoms with Gasteiger partial charge in [0.2, 0.25) is 0 Å². The van der Waals surface area contributed by atoms with Crippen LogP contribution in [-0.2, 0) is 34.1 Å². The van der Waals surface area contributed by atoms with E-state index in [1.54, 1.807) is 17.4 Å². The van der Waals surface area contributed by atoms with Gasteiger partial charge < -0.3 is 14.2 Å². The first-order chi connectivity index (χ1) is 16.1. The Morgan fingerprint density at radius 3 is 2.70 bits per heavy atom. The van der Waals surface area contributed by atoms with Crippen molar-refractivity contribution in [2.24, 2.45) is 0 Å². The zero-order valence-corrected chi connectivity index (χ0v) is 19.6. The average molecular weight is 489 g/mol. The van der Waals surface area contributed by atoms with Crippen molar-refractivity contribution in [1.82, 2.24) is 14.9 Å². The Morgan fingerprint density at radius 1 is 1.03 bits per heavy atom. The highest BCUT2D eigenvalue weighted by Gasteiger charge is 2.27. The fourth-order valence-corrected chi connectivity index (χ4v) is 6.83. The molecule has 0 amide bonds. The van der Waals surface area contributed by atoms with E-state index in [1.807, 2.05) is 0 Å². The fourth-order valence-electron chi connectivity index (χ4n) is 4.52. The van der Waals surface area contributed by atoms with Gasteiger partial charge in [0.05, 0.1) is 30.0 Å². The van der Waals surface area contributed by atoms with Crippen LogP contribution >= 0.6 is 11.3 Å². The molecule has 11 heteroatoms. The van der Waals surface area contributed by atoms with Gasteiger partial charge in [-0.05, 0) is 37.0 Å². The van der Waals surface area contributed by atoms with Crippen LogP contribution < -0.4 is 14.2 Å². The number of fused-ring (bicyclic) bond motifs is 4. The Morgan fingerprint density at radius 2 is 1.85 bits per heavy atom. The number of ether oxygens (including phenoxy) is 3. The molecule has 0 saturated carbocycles. The van der Waals surface area contributed by atoms with E-state index >= 15 is 0 Å². The van der Waals surface area contributed by atoms with E-state index in [9.17, 15) is 8.42 Å². The van der Waals surface area contributed by atoms with Gasteiger partial charge >= 0.3 is 0 Å². The summed E-state index contributed by atoms with van der Waals surface area (Å²) >= 11 is 1.65. The van der Waals surface area contributed by atoms with Crippen molar-refractivity contribution < 1.29 is 22.6 Å². The van der Waals surface area contributed by atoms with Crippen LogP contribution in [0.5, 0.6) is 11.5 Å². The molecule has 0 radical (unpaired) electrons. The molecule has 0 spiro atoms. The molecule has 0 unspecified atom stereocenters. The van der Waals surface area contributed by atoms with Crippen LogP contribution in [0.25, 0.3) is 10.2 Å². The summed E-state index contributed by atoms with van der Waals surface area (Å²) in [4.78, 5) is 14.0. The van der Waals surface area contributed by atoms with E-state index in [1.165, 1.54) is 22.6 Å². The van der Waals surface area contributed by atoms with Gasteiger partial charge in [0.25, 0.3) is 10.0 Å². The van der Waals surface area contributed by atoms with Gasteiger partial charge in [-0.2, -0.15) is 0 Å². The van der Waals surface area contributed by atoms with Crippen LogP contribution in [0, 0.1) is 0 Å². The van der Waals surface area contributed by atoms with Gasteiger partial charge in [-0.15, -0.1) is 11.3 Å². The highest BCUT2D eigenvalue weighted by atomic mass is 32.2. The maximum Gasteiger partial charge on any atom is 0.263 e. The van der Waals surface area contributed by atoms with Crippen molar-refractivity contribution in [3.8, 4) is 11.5 Å². The van der Waals surface area contributed by atoms with Crippen LogP contribution in [0.4, 0.5) is 5.82 Å². The number of anilines is 1. The smallest absolute Gasteiger partial charge is 0.263 e. The molecule has 1 aliphatic carbocycles. The number of nitrogens with zero attached hydrogens (tertiary/aromatic N) is 3. The fraction of sp³-hybridized carbons (Fsp3) is 0.455. The second kappa shape index (κ2) is 8.39. The number of sulfonamides is 1. The van der Waals surface area contributed by atoms with Crippen molar-refractivity contribution in [3.05, 3.63) is 34.5 Å². The Hall–Kier alpha value is -2.47. The molecule has 1 fully saturated rings. The summed E-state index contributed by atoms with van der Waals surface area (Å²) in [6.07, 6.45) is 2.99. The lowest BCUT2D eigenvalue weighted by Gasteiger charge is -2.25. The summed E-state index contributed by atoms with van der Waals surface area (Å²) in [6, 6.07) is 4.66. The summed E-state index contributed by atoms with van der Waals surface area (Å²) < 4.78 is 46.0. The molecule has 1 saturated heterocycles. The highest BCUT2D eigenvalue weighted by molar-refractivity contribution is 7.92. The Labute approximate surface area is 195 Å². The molecule has 33 heavy (non-hydrogen) atoms. The molecule has 1 N–H and O–H groups in total.